The van der Waals surface area contributed by atoms with Crippen LogP contribution in [0.2, 0.25) is 0 Å². The lowest BCUT2D eigenvalue weighted by atomic mass is 10.2. The lowest BCUT2D eigenvalue weighted by Gasteiger charge is -2.17. The number of rotatable bonds is 10. The molecule has 1 atom stereocenters. The quantitative estimate of drug-likeness (QED) is 0.270. The van der Waals surface area contributed by atoms with Crippen LogP contribution in [0, 0.1) is 11.3 Å². The molecule has 0 spiro atoms. The second-order valence-corrected chi connectivity index (χ2v) is 4.50. The summed E-state index contributed by atoms with van der Waals surface area (Å²) in [4.78, 5) is 13.7. The Bertz CT molecular complexity index is 393. The van der Waals surface area contributed by atoms with E-state index in [1.807, 2.05) is 6.20 Å². The largest absolute Gasteiger partial charge is 0.459 e. The standard InChI is InChI=1S/C15H24N2O4/c1-3-7-17(8-4-2)9-5-6-13(10-16)15(20)21-12-14(19)11-18/h5-6,9,14,18-19H,3-4,7-8,11-12H2,1-2H3. The molecule has 0 saturated carbocycles. The third-order valence-electron chi connectivity index (χ3n) is 2.54. The minimum Gasteiger partial charge on any atom is -0.459 e. The van der Waals surface area contributed by atoms with Crippen molar-refractivity contribution in [3.63, 3.8) is 0 Å². The molecule has 118 valence electrons. The number of carbonyl (C=O) groups excluding carboxylic acids is 1. The summed E-state index contributed by atoms with van der Waals surface area (Å²) >= 11 is 0. The Morgan fingerprint density at radius 1 is 1.38 bits per heavy atom. The van der Waals surface area contributed by atoms with Crippen LogP contribution in [0.3, 0.4) is 0 Å². The van der Waals surface area contributed by atoms with Crippen molar-refractivity contribution in [3.05, 3.63) is 23.9 Å². The highest BCUT2D eigenvalue weighted by Gasteiger charge is 2.12. The van der Waals surface area contributed by atoms with Gasteiger partial charge in [0.1, 0.15) is 24.4 Å². The van der Waals surface area contributed by atoms with Gasteiger partial charge in [-0.25, -0.2) is 4.79 Å². The Hall–Kier alpha value is -1.84. The van der Waals surface area contributed by atoms with Gasteiger partial charge in [-0.2, -0.15) is 5.26 Å². The fraction of sp³-hybridized carbons (Fsp3) is 0.600. The highest BCUT2D eigenvalue weighted by atomic mass is 16.5. The number of hydrogen-bond donors (Lipinski definition) is 2. The maximum Gasteiger partial charge on any atom is 0.348 e. The molecular formula is C15H24N2O4. The smallest absolute Gasteiger partial charge is 0.348 e. The highest BCUT2D eigenvalue weighted by molar-refractivity contribution is 5.93. The molecule has 0 aromatic carbocycles. The molecule has 0 heterocycles. The number of ether oxygens (including phenoxy) is 1. The van der Waals surface area contributed by atoms with Crippen molar-refractivity contribution in [3.8, 4) is 6.07 Å². The lowest BCUT2D eigenvalue weighted by Crippen LogP contribution is -2.22. The van der Waals surface area contributed by atoms with E-state index in [4.69, 9.17) is 20.2 Å². The Balaban J connectivity index is 4.56. The number of nitriles is 1. The van der Waals surface area contributed by atoms with E-state index in [-0.39, 0.29) is 12.2 Å². The molecule has 0 rings (SSSR count). The van der Waals surface area contributed by atoms with Crippen LogP contribution >= 0.6 is 0 Å². The number of allylic oxidation sites excluding steroid dienone is 2. The van der Waals surface area contributed by atoms with E-state index in [1.165, 1.54) is 6.08 Å². The first-order valence-electron chi connectivity index (χ1n) is 7.07. The van der Waals surface area contributed by atoms with Gasteiger partial charge in [-0.3, -0.25) is 0 Å². The molecule has 2 N–H and O–H groups in total. The second-order valence-electron chi connectivity index (χ2n) is 4.50. The molecule has 6 heteroatoms. The number of carbonyl (C=O) groups is 1. The van der Waals surface area contributed by atoms with Gasteiger partial charge in [0.25, 0.3) is 0 Å². The Morgan fingerprint density at radius 2 is 2.00 bits per heavy atom. The van der Waals surface area contributed by atoms with Crippen molar-refractivity contribution in [2.75, 3.05) is 26.3 Å². The number of aliphatic hydroxyl groups excluding tert-OH is 2. The lowest BCUT2D eigenvalue weighted by molar-refractivity contribution is -0.142. The third-order valence-corrected chi connectivity index (χ3v) is 2.54. The Labute approximate surface area is 125 Å². The number of esters is 1. The predicted molar refractivity (Wildman–Crippen MR) is 79.0 cm³/mol. The van der Waals surface area contributed by atoms with Crippen molar-refractivity contribution >= 4 is 5.97 Å². The summed E-state index contributed by atoms with van der Waals surface area (Å²) in [5.74, 6) is -0.813. The number of hydrogen-bond acceptors (Lipinski definition) is 6. The molecule has 21 heavy (non-hydrogen) atoms. The van der Waals surface area contributed by atoms with Gasteiger partial charge in [-0.1, -0.05) is 13.8 Å². The zero-order valence-electron chi connectivity index (χ0n) is 12.7. The zero-order chi connectivity index (χ0) is 16.1. The van der Waals surface area contributed by atoms with Crippen molar-refractivity contribution in [2.45, 2.75) is 32.8 Å². The van der Waals surface area contributed by atoms with Gasteiger partial charge in [0, 0.05) is 13.1 Å². The minimum atomic E-state index is -1.13. The van der Waals surface area contributed by atoms with E-state index >= 15 is 0 Å². The summed E-state index contributed by atoms with van der Waals surface area (Å²) in [6, 6.07) is 1.75. The van der Waals surface area contributed by atoms with Gasteiger partial charge in [0.15, 0.2) is 0 Å². The van der Waals surface area contributed by atoms with Crippen LogP contribution in [0.1, 0.15) is 26.7 Å². The normalized spacial score (nSPS) is 13.0. The SMILES string of the molecule is CCCN(C=CC=C(C#N)C(=O)OCC(O)CO)CCC. The van der Waals surface area contributed by atoms with Crippen LogP contribution in [0.15, 0.2) is 23.9 Å². The molecule has 0 bridgehead atoms. The van der Waals surface area contributed by atoms with Crippen LogP contribution in [0.5, 0.6) is 0 Å². The number of aliphatic hydroxyl groups is 2. The monoisotopic (exact) mass is 296 g/mol. The first-order valence-corrected chi connectivity index (χ1v) is 7.07. The molecule has 0 aliphatic rings. The molecule has 0 aromatic rings. The van der Waals surface area contributed by atoms with Crippen LogP contribution < -0.4 is 0 Å². The fourth-order valence-electron chi connectivity index (χ4n) is 1.55. The predicted octanol–water partition coefficient (Wildman–Crippen LogP) is 0.968. The molecule has 0 radical (unpaired) electrons. The van der Waals surface area contributed by atoms with E-state index in [0.29, 0.717) is 0 Å². The summed E-state index contributed by atoms with van der Waals surface area (Å²) in [6.07, 6.45) is 5.74. The van der Waals surface area contributed by atoms with Crippen LogP contribution in [0.25, 0.3) is 0 Å². The van der Waals surface area contributed by atoms with E-state index in [2.05, 4.69) is 18.7 Å². The van der Waals surface area contributed by atoms with Crippen LogP contribution in [0.4, 0.5) is 0 Å². The van der Waals surface area contributed by atoms with Crippen LogP contribution in [-0.4, -0.2) is 53.5 Å². The van der Waals surface area contributed by atoms with Gasteiger partial charge < -0.3 is 19.8 Å². The van der Waals surface area contributed by atoms with Crippen molar-refractivity contribution < 1.29 is 19.7 Å². The van der Waals surface area contributed by atoms with Crippen molar-refractivity contribution in [1.82, 2.24) is 4.90 Å². The topological polar surface area (TPSA) is 93.8 Å². The van der Waals surface area contributed by atoms with Gasteiger partial charge in [-0.05, 0) is 31.2 Å². The molecule has 0 saturated heterocycles. The Kier molecular flexibility index (Phi) is 10.9. The summed E-state index contributed by atoms with van der Waals surface area (Å²) < 4.78 is 4.71. The molecule has 0 aliphatic carbocycles. The summed E-state index contributed by atoms with van der Waals surface area (Å²) in [7, 11) is 0. The highest BCUT2D eigenvalue weighted by Crippen LogP contribution is 2.01. The molecule has 1 unspecified atom stereocenters. The van der Waals surface area contributed by atoms with E-state index in [0.717, 1.165) is 25.9 Å². The molecule has 0 fully saturated rings. The molecule has 0 aromatic heterocycles. The zero-order valence-corrected chi connectivity index (χ0v) is 12.7. The van der Waals surface area contributed by atoms with Gasteiger partial charge in [0.2, 0.25) is 0 Å². The Morgan fingerprint density at radius 3 is 2.48 bits per heavy atom. The average molecular weight is 296 g/mol. The maximum absolute atomic E-state index is 11.6. The maximum atomic E-state index is 11.6. The fourth-order valence-corrected chi connectivity index (χ4v) is 1.55. The van der Waals surface area contributed by atoms with E-state index < -0.39 is 18.7 Å². The first kappa shape index (κ1) is 19.2. The molecule has 0 amide bonds. The van der Waals surface area contributed by atoms with E-state index in [9.17, 15) is 4.79 Å². The minimum absolute atomic E-state index is 0.149. The number of nitrogens with zero attached hydrogens (tertiary/aromatic N) is 2. The van der Waals surface area contributed by atoms with Crippen LogP contribution in [-0.2, 0) is 9.53 Å². The van der Waals surface area contributed by atoms with Gasteiger partial charge >= 0.3 is 5.97 Å². The van der Waals surface area contributed by atoms with E-state index in [1.54, 1.807) is 12.1 Å². The van der Waals surface area contributed by atoms with Gasteiger partial charge in [-0.15, -0.1) is 0 Å². The average Bonchev–Trinajstić information content (AvgIpc) is 2.49. The second kappa shape index (κ2) is 11.9. The molecule has 0 aliphatic heterocycles. The summed E-state index contributed by atoms with van der Waals surface area (Å²) in [5, 5.41) is 26.6. The van der Waals surface area contributed by atoms with Gasteiger partial charge in [0.05, 0.1) is 6.61 Å². The third kappa shape index (κ3) is 8.84. The first-order chi connectivity index (χ1) is 10.1. The van der Waals surface area contributed by atoms with Crippen molar-refractivity contribution in [2.24, 2.45) is 0 Å². The summed E-state index contributed by atoms with van der Waals surface area (Å²) in [5.41, 5.74) is -0.149. The summed E-state index contributed by atoms with van der Waals surface area (Å²) in [6.45, 7) is 5.14. The van der Waals surface area contributed by atoms with Crippen molar-refractivity contribution in [1.29, 1.82) is 5.26 Å². The molecular weight excluding hydrogens is 272 g/mol. The molecule has 6 nitrogen and oxygen atoms in total.